The zero-order chi connectivity index (χ0) is 13.5. The Morgan fingerprint density at radius 2 is 1.26 bits per heavy atom. The van der Waals surface area contributed by atoms with Gasteiger partial charge in [-0.3, -0.25) is 0 Å². The first kappa shape index (κ1) is 15.4. The lowest BCUT2D eigenvalue weighted by atomic mass is 9.66. The molecule has 4 atom stereocenters. The minimum Gasteiger partial charge on any atom is -0.0654 e. The molecule has 0 radical (unpaired) electrons. The Balaban J connectivity index is 1.80. The fourth-order valence-electron chi connectivity index (χ4n) is 4.90. The van der Waals surface area contributed by atoms with Crippen molar-refractivity contribution >= 4 is 0 Å². The van der Waals surface area contributed by atoms with Crippen molar-refractivity contribution < 1.29 is 0 Å². The van der Waals surface area contributed by atoms with Crippen molar-refractivity contribution in [1.82, 2.24) is 0 Å². The molecule has 2 rings (SSSR count). The lowest BCUT2D eigenvalue weighted by molar-refractivity contribution is 0.114. The van der Waals surface area contributed by atoms with E-state index in [1.54, 1.807) is 38.5 Å². The van der Waals surface area contributed by atoms with Gasteiger partial charge >= 0.3 is 0 Å². The van der Waals surface area contributed by atoms with E-state index in [0.29, 0.717) is 0 Å². The molecule has 0 aliphatic heterocycles. The van der Waals surface area contributed by atoms with E-state index in [4.69, 9.17) is 0 Å². The molecule has 112 valence electrons. The highest BCUT2D eigenvalue weighted by molar-refractivity contribution is 4.89. The lowest BCUT2D eigenvalue weighted by Gasteiger charge is -2.39. The van der Waals surface area contributed by atoms with Gasteiger partial charge in [0.05, 0.1) is 0 Å². The van der Waals surface area contributed by atoms with Crippen LogP contribution in [0.2, 0.25) is 0 Å². The normalized spacial score (nSPS) is 34.4. The molecule has 0 aromatic rings. The molecule has 2 saturated carbocycles. The van der Waals surface area contributed by atoms with Crippen LogP contribution in [0, 0.1) is 23.7 Å². The number of rotatable bonds is 8. The molecular formula is C19H36. The predicted molar refractivity (Wildman–Crippen MR) is 85.3 cm³/mol. The smallest absolute Gasteiger partial charge is 0.0383 e. The second-order valence-electron chi connectivity index (χ2n) is 7.43. The number of hydrogen-bond acceptors (Lipinski definition) is 0. The molecule has 0 N–H and O–H groups in total. The second kappa shape index (κ2) is 8.32. The Morgan fingerprint density at radius 1 is 0.684 bits per heavy atom. The van der Waals surface area contributed by atoms with E-state index in [9.17, 15) is 0 Å². The van der Waals surface area contributed by atoms with Crippen LogP contribution >= 0.6 is 0 Å². The van der Waals surface area contributed by atoms with Crippen LogP contribution in [-0.4, -0.2) is 0 Å². The summed E-state index contributed by atoms with van der Waals surface area (Å²) in [7, 11) is 0. The van der Waals surface area contributed by atoms with Gasteiger partial charge in [-0.25, -0.2) is 0 Å². The molecule has 0 heterocycles. The van der Waals surface area contributed by atoms with Gasteiger partial charge in [-0.2, -0.15) is 0 Å². The number of unbranched alkanes of at least 4 members (excludes halogenated alkanes) is 4. The molecule has 0 aromatic heterocycles. The second-order valence-corrected chi connectivity index (χ2v) is 7.43. The third-order valence-electron chi connectivity index (χ3n) is 6.05. The van der Waals surface area contributed by atoms with Crippen molar-refractivity contribution in [2.75, 3.05) is 0 Å². The molecule has 0 heteroatoms. The molecule has 0 aromatic carbocycles. The summed E-state index contributed by atoms with van der Waals surface area (Å²) in [5.74, 6) is 4.46. The highest BCUT2D eigenvalue weighted by Crippen LogP contribution is 2.49. The Hall–Kier alpha value is 0. The van der Waals surface area contributed by atoms with Crippen molar-refractivity contribution in [3.63, 3.8) is 0 Å². The molecule has 0 spiro atoms. The van der Waals surface area contributed by atoms with Crippen LogP contribution in [0.1, 0.15) is 97.3 Å². The molecule has 0 bridgehead atoms. The Labute approximate surface area is 121 Å². The first-order valence-electron chi connectivity index (χ1n) is 9.35. The Kier molecular flexibility index (Phi) is 6.74. The summed E-state index contributed by atoms with van der Waals surface area (Å²) < 4.78 is 0. The van der Waals surface area contributed by atoms with Crippen LogP contribution in [0.5, 0.6) is 0 Å². The standard InChI is InChI=1S/C19H36/c1-3-5-7-8-11-17-15-19-13-9-12-18(19)14-16(17)10-6-4-2/h16-19H,3-15H2,1-2H3. The molecule has 4 unspecified atom stereocenters. The average molecular weight is 264 g/mol. The van der Waals surface area contributed by atoms with E-state index >= 15 is 0 Å². The summed E-state index contributed by atoms with van der Waals surface area (Å²) in [6, 6.07) is 0. The Bertz CT molecular complexity index is 232. The van der Waals surface area contributed by atoms with Gasteiger partial charge in [0.2, 0.25) is 0 Å². The van der Waals surface area contributed by atoms with Crippen molar-refractivity contribution in [1.29, 1.82) is 0 Å². The molecule has 2 aliphatic carbocycles. The van der Waals surface area contributed by atoms with E-state index in [1.807, 2.05) is 0 Å². The van der Waals surface area contributed by atoms with Crippen LogP contribution < -0.4 is 0 Å². The molecular weight excluding hydrogens is 228 g/mol. The third-order valence-corrected chi connectivity index (χ3v) is 6.05. The molecule has 2 aliphatic rings. The fourth-order valence-corrected chi connectivity index (χ4v) is 4.90. The predicted octanol–water partition coefficient (Wildman–Crippen LogP) is 6.59. The first-order valence-corrected chi connectivity index (χ1v) is 9.35. The highest BCUT2D eigenvalue weighted by Gasteiger charge is 2.38. The topological polar surface area (TPSA) is 0 Å². The van der Waals surface area contributed by atoms with E-state index in [0.717, 1.165) is 23.7 Å². The average Bonchev–Trinajstić information content (AvgIpc) is 2.88. The van der Waals surface area contributed by atoms with E-state index < -0.39 is 0 Å². The van der Waals surface area contributed by atoms with Crippen molar-refractivity contribution in [3.05, 3.63) is 0 Å². The molecule has 0 amide bonds. The van der Waals surface area contributed by atoms with Crippen LogP contribution in [0.25, 0.3) is 0 Å². The highest BCUT2D eigenvalue weighted by atomic mass is 14.4. The lowest BCUT2D eigenvalue weighted by Crippen LogP contribution is -2.29. The number of fused-ring (bicyclic) bond motifs is 1. The largest absolute Gasteiger partial charge is 0.0654 e. The van der Waals surface area contributed by atoms with Gasteiger partial charge in [-0.1, -0.05) is 84.5 Å². The summed E-state index contributed by atoms with van der Waals surface area (Å²) >= 11 is 0. The summed E-state index contributed by atoms with van der Waals surface area (Å²) in [6.45, 7) is 4.69. The van der Waals surface area contributed by atoms with E-state index in [1.165, 1.54) is 44.9 Å². The maximum Gasteiger partial charge on any atom is -0.0383 e. The van der Waals surface area contributed by atoms with Gasteiger partial charge in [-0.05, 0) is 36.5 Å². The van der Waals surface area contributed by atoms with Gasteiger partial charge in [0.1, 0.15) is 0 Å². The van der Waals surface area contributed by atoms with Crippen molar-refractivity contribution in [3.8, 4) is 0 Å². The van der Waals surface area contributed by atoms with Crippen molar-refractivity contribution in [2.45, 2.75) is 97.3 Å². The quantitative estimate of drug-likeness (QED) is 0.434. The zero-order valence-electron chi connectivity index (χ0n) is 13.5. The van der Waals surface area contributed by atoms with Crippen molar-refractivity contribution in [2.24, 2.45) is 23.7 Å². The fraction of sp³-hybridized carbons (Fsp3) is 1.00. The van der Waals surface area contributed by atoms with Gasteiger partial charge in [0.25, 0.3) is 0 Å². The first-order chi connectivity index (χ1) is 9.35. The maximum absolute atomic E-state index is 2.36. The molecule has 19 heavy (non-hydrogen) atoms. The third kappa shape index (κ3) is 4.50. The maximum atomic E-state index is 2.36. The monoisotopic (exact) mass is 264 g/mol. The van der Waals surface area contributed by atoms with Crippen LogP contribution in [0.3, 0.4) is 0 Å². The summed E-state index contributed by atoms with van der Waals surface area (Å²) in [6.07, 6.45) is 19.7. The molecule has 0 saturated heterocycles. The van der Waals surface area contributed by atoms with Crippen LogP contribution in [-0.2, 0) is 0 Å². The summed E-state index contributed by atoms with van der Waals surface area (Å²) in [4.78, 5) is 0. The summed E-state index contributed by atoms with van der Waals surface area (Å²) in [5, 5.41) is 0. The number of hydrogen-bond donors (Lipinski definition) is 0. The molecule has 2 fully saturated rings. The van der Waals surface area contributed by atoms with Gasteiger partial charge in [-0.15, -0.1) is 0 Å². The Morgan fingerprint density at radius 3 is 1.84 bits per heavy atom. The SMILES string of the molecule is CCCCCCC1CC2CCCC2CC1CCCC. The van der Waals surface area contributed by atoms with Gasteiger partial charge in [0.15, 0.2) is 0 Å². The minimum absolute atomic E-state index is 1.10. The summed E-state index contributed by atoms with van der Waals surface area (Å²) in [5.41, 5.74) is 0. The molecule has 0 nitrogen and oxygen atoms in total. The van der Waals surface area contributed by atoms with Gasteiger partial charge < -0.3 is 0 Å². The van der Waals surface area contributed by atoms with Gasteiger partial charge in [0, 0.05) is 0 Å². The van der Waals surface area contributed by atoms with Crippen LogP contribution in [0.15, 0.2) is 0 Å². The zero-order valence-corrected chi connectivity index (χ0v) is 13.5. The van der Waals surface area contributed by atoms with Crippen LogP contribution in [0.4, 0.5) is 0 Å². The van der Waals surface area contributed by atoms with E-state index in [-0.39, 0.29) is 0 Å². The minimum atomic E-state index is 1.10. The van der Waals surface area contributed by atoms with E-state index in [2.05, 4.69) is 13.8 Å².